The largest absolute Gasteiger partial charge is 0.497 e. The molecule has 0 aliphatic carbocycles. The van der Waals surface area contributed by atoms with Crippen LogP contribution in [0.15, 0.2) is 67.1 Å². The summed E-state index contributed by atoms with van der Waals surface area (Å²) in [5.74, 6) is 0.105. The van der Waals surface area contributed by atoms with Gasteiger partial charge < -0.3 is 30.6 Å². The van der Waals surface area contributed by atoms with Crippen LogP contribution >= 0.6 is 12.4 Å². The highest BCUT2D eigenvalue weighted by atomic mass is 35.5. The van der Waals surface area contributed by atoms with Crippen LogP contribution in [0.1, 0.15) is 57.6 Å². The SMILES string of the molecule is COc1ccc([C@](C)(C(=O)N2CCCC2)n2cnc(NC(=O)[C@@H](CCCc3ccccc3)NC(=O)C(C)(C)N)c2)cc1.Cl. The summed E-state index contributed by atoms with van der Waals surface area (Å²) in [6, 6.07) is 16.6. The topological polar surface area (TPSA) is 132 Å². The number of methoxy groups -OCH3 is 1. The van der Waals surface area contributed by atoms with E-state index in [1.807, 2.05) is 66.4 Å². The lowest BCUT2D eigenvalue weighted by Gasteiger charge is -2.34. The molecule has 10 nitrogen and oxygen atoms in total. The number of nitrogens with zero attached hydrogens (tertiary/aromatic N) is 3. The third kappa shape index (κ3) is 8.14. The van der Waals surface area contributed by atoms with Gasteiger partial charge in [0.05, 0.1) is 19.0 Å². The predicted octanol–water partition coefficient (Wildman–Crippen LogP) is 3.88. The number of aryl methyl sites for hydroxylation is 1. The molecule has 0 radical (unpaired) electrons. The number of ether oxygens (including phenoxy) is 1. The number of aromatic nitrogens is 2. The second-order valence-corrected chi connectivity index (χ2v) is 11.6. The van der Waals surface area contributed by atoms with Gasteiger partial charge in [-0.15, -0.1) is 12.4 Å². The number of rotatable bonds is 12. The Labute approximate surface area is 259 Å². The normalized spacial score (nSPS) is 15.1. The second-order valence-electron chi connectivity index (χ2n) is 11.6. The van der Waals surface area contributed by atoms with Crippen molar-refractivity contribution in [2.24, 2.45) is 5.73 Å². The van der Waals surface area contributed by atoms with Gasteiger partial charge in [-0.1, -0.05) is 42.5 Å². The van der Waals surface area contributed by atoms with Crippen LogP contribution in [-0.2, 0) is 26.3 Å². The Morgan fingerprint density at radius 1 is 1.02 bits per heavy atom. The number of carbonyl (C=O) groups is 3. The summed E-state index contributed by atoms with van der Waals surface area (Å²) in [4.78, 5) is 46.4. The number of likely N-dealkylation sites (tertiary alicyclic amines) is 1. The summed E-state index contributed by atoms with van der Waals surface area (Å²) in [6.45, 7) is 6.45. The molecular weight excluding hydrogens is 568 g/mol. The van der Waals surface area contributed by atoms with Crippen molar-refractivity contribution in [2.75, 3.05) is 25.5 Å². The van der Waals surface area contributed by atoms with Gasteiger partial charge in [0, 0.05) is 19.3 Å². The number of carbonyl (C=O) groups excluding carboxylic acids is 3. The minimum atomic E-state index is -1.14. The molecule has 3 amide bonds. The third-order valence-electron chi connectivity index (χ3n) is 7.82. The molecule has 11 heteroatoms. The third-order valence-corrected chi connectivity index (χ3v) is 7.82. The van der Waals surface area contributed by atoms with Crippen LogP contribution in [0.25, 0.3) is 0 Å². The second kappa shape index (κ2) is 14.5. The van der Waals surface area contributed by atoms with E-state index in [-0.39, 0.29) is 24.1 Å². The van der Waals surface area contributed by atoms with Gasteiger partial charge in [0.15, 0.2) is 5.82 Å². The zero-order chi connectivity index (χ0) is 30.3. The Bertz CT molecular complexity index is 1370. The first-order valence-electron chi connectivity index (χ1n) is 14.5. The average molecular weight is 611 g/mol. The standard InChI is InChI=1S/C32H42N6O4.ClH/c1-31(2,33)29(40)35-26(14-10-13-23-11-6-5-7-12-23)28(39)36-27-21-38(22-34-27)32(3,30(41)37-19-8-9-20-37)24-15-17-25(42-4)18-16-24;/h5-7,11-12,15-18,21-22,26H,8-10,13-14,19-20,33H2,1-4H3,(H,35,40)(H,36,39);1H/t26-,32-;/m1./s1. The molecule has 0 unspecified atom stereocenters. The first kappa shape index (κ1) is 33.6. The molecule has 3 aromatic rings. The van der Waals surface area contributed by atoms with Crippen LogP contribution in [0.2, 0.25) is 0 Å². The van der Waals surface area contributed by atoms with E-state index in [9.17, 15) is 14.4 Å². The molecule has 1 aliphatic rings. The molecule has 1 aliphatic heterocycles. The maximum absolute atomic E-state index is 13.9. The number of anilines is 1. The van der Waals surface area contributed by atoms with Crippen LogP contribution in [0.4, 0.5) is 5.82 Å². The molecule has 0 saturated carbocycles. The zero-order valence-electron chi connectivity index (χ0n) is 25.3. The summed E-state index contributed by atoms with van der Waals surface area (Å²) in [6.07, 6.45) is 7.01. The van der Waals surface area contributed by atoms with Crippen molar-refractivity contribution < 1.29 is 19.1 Å². The maximum Gasteiger partial charge on any atom is 0.253 e. The van der Waals surface area contributed by atoms with E-state index < -0.39 is 28.9 Å². The van der Waals surface area contributed by atoms with E-state index in [1.54, 1.807) is 38.0 Å². The number of halogens is 1. The molecule has 0 bridgehead atoms. The molecule has 1 fully saturated rings. The minimum absolute atomic E-state index is 0. The quantitative estimate of drug-likeness (QED) is 0.285. The Morgan fingerprint density at radius 3 is 2.28 bits per heavy atom. The highest BCUT2D eigenvalue weighted by molar-refractivity contribution is 5.98. The van der Waals surface area contributed by atoms with Gasteiger partial charge in [-0.25, -0.2) is 4.98 Å². The summed E-state index contributed by atoms with van der Waals surface area (Å²) < 4.78 is 7.05. The van der Waals surface area contributed by atoms with E-state index in [0.717, 1.165) is 30.4 Å². The minimum Gasteiger partial charge on any atom is -0.497 e. The van der Waals surface area contributed by atoms with E-state index in [1.165, 1.54) is 0 Å². The maximum atomic E-state index is 13.9. The van der Waals surface area contributed by atoms with Crippen molar-refractivity contribution in [2.45, 2.75) is 70.0 Å². The molecule has 43 heavy (non-hydrogen) atoms. The Balaban J connectivity index is 0.00000506. The fourth-order valence-corrected chi connectivity index (χ4v) is 5.14. The Kier molecular flexibility index (Phi) is 11.4. The highest BCUT2D eigenvalue weighted by Gasteiger charge is 2.41. The predicted molar refractivity (Wildman–Crippen MR) is 169 cm³/mol. The van der Waals surface area contributed by atoms with Crippen LogP contribution in [0.5, 0.6) is 5.75 Å². The molecule has 1 aromatic heterocycles. The zero-order valence-corrected chi connectivity index (χ0v) is 26.2. The number of imidazole rings is 1. The summed E-state index contributed by atoms with van der Waals surface area (Å²) in [5, 5.41) is 5.66. The van der Waals surface area contributed by atoms with Gasteiger partial charge >= 0.3 is 0 Å². The molecule has 2 atom stereocenters. The number of nitrogens with one attached hydrogen (secondary N) is 2. The van der Waals surface area contributed by atoms with Gasteiger partial charge in [0.2, 0.25) is 11.8 Å². The molecule has 4 N–H and O–H groups in total. The molecule has 232 valence electrons. The average Bonchev–Trinajstić information content (AvgIpc) is 3.69. The number of benzene rings is 2. The fraction of sp³-hybridized carbons (Fsp3) is 0.438. The monoisotopic (exact) mass is 610 g/mol. The van der Waals surface area contributed by atoms with Crippen LogP contribution < -0.4 is 21.1 Å². The lowest BCUT2D eigenvalue weighted by atomic mass is 9.90. The summed E-state index contributed by atoms with van der Waals surface area (Å²) in [7, 11) is 1.60. The Hall–Kier alpha value is -3.89. The molecule has 2 aromatic carbocycles. The summed E-state index contributed by atoms with van der Waals surface area (Å²) in [5.41, 5.74) is 5.68. The van der Waals surface area contributed by atoms with Crippen LogP contribution in [0, 0.1) is 0 Å². The Morgan fingerprint density at radius 2 is 1.67 bits per heavy atom. The van der Waals surface area contributed by atoms with Gasteiger partial charge in [-0.3, -0.25) is 14.4 Å². The van der Waals surface area contributed by atoms with Crippen LogP contribution in [-0.4, -0.2) is 64.0 Å². The lowest BCUT2D eigenvalue weighted by Crippen LogP contribution is -2.54. The van der Waals surface area contributed by atoms with E-state index >= 15 is 0 Å². The van der Waals surface area contributed by atoms with E-state index in [2.05, 4.69) is 15.6 Å². The van der Waals surface area contributed by atoms with Crippen molar-refractivity contribution in [1.82, 2.24) is 19.8 Å². The van der Waals surface area contributed by atoms with Gasteiger partial charge in [0.25, 0.3) is 5.91 Å². The van der Waals surface area contributed by atoms with Gasteiger partial charge in [0.1, 0.15) is 17.3 Å². The molecular formula is C32H43ClN6O4. The first-order chi connectivity index (χ1) is 20.0. The van der Waals surface area contributed by atoms with Gasteiger partial charge in [-0.2, -0.15) is 0 Å². The number of nitrogens with two attached hydrogens (primary N) is 1. The molecule has 4 rings (SSSR count). The first-order valence-corrected chi connectivity index (χ1v) is 14.5. The van der Waals surface area contributed by atoms with Gasteiger partial charge in [-0.05, 0) is 76.1 Å². The van der Waals surface area contributed by atoms with Crippen molar-refractivity contribution in [3.63, 3.8) is 0 Å². The van der Waals surface area contributed by atoms with E-state index in [0.29, 0.717) is 31.7 Å². The van der Waals surface area contributed by atoms with Crippen molar-refractivity contribution in [3.05, 3.63) is 78.2 Å². The van der Waals surface area contributed by atoms with Crippen molar-refractivity contribution in [3.8, 4) is 5.75 Å². The summed E-state index contributed by atoms with van der Waals surface area (Å²) >= 11 is 0. The lowest BCUT2D eigenvalue weighted by molar-refractivity contribution is -0.137. The fourth-order valence-electron chi connectivity index (χ4n) is 5.14. The number of hydrogen-bond acceptors (Lipinski definition) is 6. The number of hydrogen-bond donors (Lipinski definition) is 3. The highest BCUT2D eigenvalue weighted by Crippen LogP contribution is 2.32. The molecule has 2 heterocycles. The van der Waals surface area contributed by atoms with Crippen LogP contribution in [0.3, 0.4) is 0 Å². The van der Waals surface area contributed by atoms with Crippen molar-refractivity contribution in [1.29, 1.82) is 0 Å². The molecule has 1 saturated heterocycles. The number of amides is 3. The van der Waals surface area contributed by atoms with Crippen molar-refractivity contribution >= 4 is 35.9 Å². The molecule has 0 spiro atoms. The van der Waals surface area contributed by atoms with E-state index in [4.69, 9.17) is 10.5 Å². The smallest absolute Gasteiger partial charge is 0.253 e.